The predicted octanol–water partition coefficient (Wildman–Crippen LogP) is 2.14. The molecule has 2 aromatic rings. The van der Waals surface area contributed by atoms with Crippen molar-refractivity contribution in [1.82, 2.24) is 20.1 Å². The molecule has 25 heavy (non-hydrogen) atoms. The van der Waals surface area contributed by atoms with Crippen LogP contribution in [0.1, 0.15) is 18.7 Å². The lowest BCUT2D eigenvalue weighted by molar-refractivity contribution is -0.130. The zero-order chi connectivity index (χ0) is 17.8. The Kier molecular flexibility index (Phi) is 4.92. The van der Waals surface area contributed by atoms with Crippen LogP contribution in [0.4, 0.5) is 5.69 Å². The maximum absolute atomic E-state index is 12.5. The molecule has 7 heteroatoms. The number of benzene rings is 1. The smallest absolute Gasteiger partial charge is 0.245 e. The van der Waals surface area contributed by atoms with E-state index in [0.717, 1.165) is 17.1 Å². The lowest BCUT2D eigenvalue weighted by atomic mass is 9.95. The van der Waals surface area contributed by atoms with Gasteiger partial charge in [0.25, 0.3) is 0 Å². The minimum Gasteiger partial charge on any atom is -0.339 e. The first-order valence-corrected chi connectivity index (χ1v) is 8.28. The number of H-pyrrole nitrogens is 1. The summed E-state index contributed by atoms with van der Waals surface area (Å²) in [5.74, 6) is 1.15. The van der Waals surface area contributed by atoms with E-state index in [1.54, 1.807) is 4.90 Å². The van der Waals surface area contributed by atoms with Gasteiger partial charge in [0.15, 0.2) is 5.82 Å². The summed E-state index contributed by atoms with van der Waals surface area (Å²) >= 11 is 0. The molecule has 0 atom stereocenters. The molecule has 7 nitrogen and oxygen atoms in total. The Morgan fingerprint density at radius 2 is 2.12 bits per heavy atom. The summed E-state index contributed by atoms with van der Waals surface area (Å²) in [5, 5.41) is 9.90. The zero-order valence-corrected chi connectivity index (χ0v) is 14.2. The fraction of sp³-hybridized carbons (Fsp3) is 0.333. The number of rotatable bonds is 4. The van der Waals surface area contributed by atoms with Crippen LogP contribution in [0.2, 0.25) is 0 Å². The second kappa shape index (κ2) is 7.29. The topological polar surface area (TPSA) is 91.0 Å². The molecule has 0 aliphatic carbocycles. The molecule has 0 unspecified atom stereocenters. The Hall–Kier alpha value is -2.96. The van der Waals surface area contributed by atoms with Crippen LogP contribution in [0.25, 0.3) is 11.4 Å². The number of aromatic nitrogens is 3. The number of aromatic amines is 1. The van der Waals surface area contributed by atoms with Gasteiger partial charge < -0.3 is 10.2 Å². The maximum Gasteiger partial charge on any atom is 0.245 e. The molecular formula is C18H21N5O2. The van der Waals surface area contributed by atoms with Gasteiger partial charge in [-0.05, 0) is 38.0 Å². The maximum atomic E-state index is 12.5. The second-order valence-electron chi connectivity index (χ2n) is 6.12. The zero-order valence-electron chi connectivity index (χ0n) is 14.2. The van der Waals surface area contributed by atoms with Gasteiger partial charge in [-0.25, -0.2) is 4.98 Å². The predicted molar refractivity (Wildman–Crippen MR) is 94.7 cm³/mol. The standard InChI is InChI=1S/C18H21N5O2/c1-3-16(24)23-9-7-13(8-10-23)18(25)20-15-6-4-5-14(11-15)17-19-12(2)21-22-17/h3-6,11,13H,1,7-10H2,2H3,(H,20,25)(H,19,21,22). The number of nitrogens with zero attached hydrogens (tertiary/aromatic N) is 3. The third kappa shape index (κ3) is 3.93. The molecule has 2 heterocycles. The van der Waals surface area contributed by atoms with Crippen LogP contribution in [0.15, 0.2) is 36.9 Å². The molecule has 130 valence electrons. The van der Waals surface area contributed by atoms with E-state index in [-0.39, 0.29) is 17.7 Å². The van der Waals surface area contributed by atoms with Gasteiger partial charge in [-0.15, -0.1) is 0 Å². The summed E-state index contributed by atoms with van der Waals surface area (Å²) in [6, 6.07) is 7.47. The van der Waals surface area contributed by atoms with Crippen LogP contribution in [0.3, 0.4) is 0 Å². The summed E-state index contributed by atoms with van der Waals surface area (Å²) in [5.41, 5.74) is 1.56. The fourth-order valence-electron chi connectivity index (χ4n) is 2.94. The van der Waals surface area contributed by atoms with E-state index in [4.69, 9.17) is 0 Å². The fourth-order valence-corrected chi connectivity index (χ4v) is 2.94. The number of amides is 2. The molecule has 1 saturated heterocycles. The van der Waals surface area contributed by atoms with Gasteiger partial charge in [-0.2, -0.15) is 5.10 Å². The number of hydrogen-bond acceptors (Lipinski definition) is 4. The minimum atomic E-state index is -0.0942. The van der Waals surface area contributed by atoms with Gasteiger partial charge in [0.1, 0.15) is 5.82 Å². The number of piperidine rings is 1. The van der Waals surface area contributed by atoms with Crippen LogP contribution in [-0.4, -0.2) is 45.0 Å². The number of aryl methyl sites for hydroxylation is 1. The molecule has 0 radical (unpaired) electrons. The highest BCUT2D eigenvalue weighted by Crippen LogP contribution is 2.22. The van der Waals surface area contributed by atoms with E-state index in [2.05, 4.69) is 27.1 Å². The summed E-state index contributed by atoms with van der Waals surface area (Å²) in [4.78, 5) is 30.1. The molecule has 1 aliphatic heterocycles. The average molecular weight is 339 g/mol. The average Bonchev–Trinajstić information content (AvgIpc) is 3.08. The number of likely N-dealkylation sites (tertiary alicyclic amines) is 1. The molecule has 2 N–H and O–H groups in total. The highest BCUT2D eigenvalue weighted by Gasteiger charge is 2.26. The number of nitrogens with one attached hydrogen (secondary N) is 2. The molecular weight excluding hydrogens is 318 g/mol. The SMILES string of the molecule is C=CC(=O)N1CCC(C(=O)Nc2cccc(-c3n[nH]c(C)n3)c2)CC1. The van der Waals surface area contributed by atoms with Gasteiger partial charge in [-0.1, -0.05) is 18.7 Å². The quantitative estimate of drug-likeness (QED) is 0.835. The lowest BCUT2D eigenvalue weighted by Gasteiger charge is -2.30. The van der Waals surface area contributed by atoms with Gasteiger partial charge in [0, 0.05) is 30.3 Å². The molecule has 3 rings (SSSR count). The van der Waals surface area contributed by atoms with E-state index in [1.165, 1.54) is 6.08 Å². The van der Waals surface area contributed by atoms with Crippen molar-refractivity contribution in [2.75, 3.05) is 18.4 Å². The van der Waals surface area contributed by atoms with Gasteiger partial charge in [0.2, 0.25) is 11.8 Å². The molecule has 1 fully saturated rings. The Labute approximate surface area is 146 Å². The molecule has 1 aromatic heterocycles. The normalized spacial score (nSPS) is 15.0. The minimum absolute atomic E-state index is 0.0194. The Balaban J connectivity index is 1.62. The van der Waals surface area contributed by atoms with Gasteiger partial charge in [-0.3, -0.25) is 14.7 Å². The van der Waals surface area contributed by atoms with Crippen LogP contribution >= 0.6 is 0 Å². The molecule has 0 saturated carbocycles. The molecule has 2 amide bonds. The van der Waals surface area contributed by atoms with Crippen LogP contribution in [0.5, 0.6) is 0 Å². The molecule has 0 bridgehead atoms. The van der Waals surface area contributed by atoms with Crippen molar-refractivity contribution in [3.63, 3.8) is 0 Å². The van der Waals surface area contributed by atoms with E-state index in [0.29, 0.717) is 31.8 Å². The van der Waals surface area contributed by atoms with E-state index >= 15 is 0 Å². The summed E-state index contributed by atoms with van der Waals surface area (Å²) in [6.07, 6.45) is 2.63. The largest absolute Gasteiger partial charge is 0.339 e. The van der Waals surface area contributed by atoms with Gasteiger partial charge >= 0.3 is 0 Å². The number of carbonyl (C=O) groups is 2. The van der Waals surface area contributed by atoms with Crippen molar-refractivity contribution in [2.24, 2.45) is 5.92 Å². The van der Waals surface area contributed by atoms with Crippen LogP contribution in [-0.2, 0) is 9.59 Å². The first-order valence-electron chi connectivity index (χ1n) is 8.28. The van der Waals surface area contributed by atoms with E-state index < -0.39 is 0 Å². The Morgan fingerprint density at radius 3 is 2.76 bits per heavy atom. The highest BCUT2D eigenvalue weighted by atomic mass is 16.2. The van der Waals surface area contributed by atoms with Crippen molar-refractivity contribution < 1.29 is 9.59 Å². The van der Waals surface area contributed by atoms with E-state index in [9.17, 15) is 9.59 Å². The highest BCUT2D eigenvalue weighted by molar-refractivity contribution is 5.93. The summed E-state index contributed by atoms with van der Waals surface area (Å²) in [7, 11) is 0. The van der Waals surface area contributed by atoms with Gasteiger partial charge in [0.05, 0.1) is 0 Å². The first kappa shape index (κ1) is 16.9. The van der Waals surface area contributed by atoms with E-state index in [1.807, 2.05) is 31.2 Å². The molecule has 0 spiro atoms. The van der Waals surface area contributed by atoms with Crippen molar-refractivity contribution >= 4 is 17.5 Å². The summed E-state index contributed by atoms with van der Waals surface area (Å²) in [6.45, 7) is 6.50. The first-order chi connectivity index (χ1) is 12.1. The number of anilines is 1. The summed E-state index contributed by atoms with van der Waals surface area (Å²) < 4.78 is 0. The monoisotopic (exact) mass is 339 g/mol. The number of hydrogen-bond donors (Lipinski definition) is 2. The van der Waals surface area contributed by atoms with Crippen LogP contribution in [0, 0.1) is 12.8 Å². The van der Waals surface area contributed by atoms with Crippen molar-refractivity contribution in [1.29, 1.82) is 0 Å². The third-order valence-corrected chi connectivity index (χ3v) is 4.34. The van der Waals surface area contributed by atoms with Crippen molar-refractivity contribution in [3.8, 4) is 11.4 Å². The number of carbonyl (C=O) groups excluding carboxylic acids is 2. The third-order valence-electron chi connectivity index (χ3n) is 4.34. The molecule has 1 aromatic carbocycles. The second-order valence-corrected chi connectivity index (χ2v) is 6.12. The van der Waals surface area contributed by atoms with Crippen LogP contribution < -0.4 is 5.32 Å². The Morgan fingerprint density at radius 1 is 1.36 bits per heavy atom. The lowest BCUT2D eigenvalue weighted by Crippen LogP contribution is -2.40. The Bertz CT molecular complexity index is 790. The molecule has 1 aliphatic rings. The van der Waals surface area contributed by atoms with Crippen molar-refractivity contribution in [2.45, 2.75) is 19.8 Å². The van der Waals surface area contributed by atoms with Crippen molar-refractivity contribution in [3.05, 3.63) is 42.7 Å².